The Bertz CT molecular complexity index is 427. The number of nitrogens with two attached hydrogens (primary N) is 1. The maximum Gasteiger partial charge on any atom is 0.106 e. The van der Waals surface area contributed by atoms with Gasteiger partial charge in [-0.05, 0) is 69.2 Å². The zero-order valence-corrected chi connectivity index (χ0v) is 11.7. The number of nitrogens with zero attached hydrogens (tertiary/aromatic N) is 1. The molecule has 0 atom stereocenters. The highest BCUT2D eigenvalue weighted by atomic mass is 14.9. The van der Waals surface area contributed by atoms with Crippen LogP contribution < -0.4 is 5.73 Å². The summed E-state index contributed by atoms with van der Waals surface area (Å²) in [5.41, 5.74) is 7.49. The SMILES string of the molecule is NCCCc1ncc(C23CC4CC(CC(C4)C2)C3)[nH]1. The molecule has 5 rings (SSSR count). The first kappa shape index (κ1) is 12.0. The number of aromatic amines is 1. The summed E-state index contributed by atoms with van der Waals surface area (Å²) < 4.78 is 0. The van der Waals surface area contributed by atoms with E-state index >= 15 is 0 Å². The van der Waals surface area contributed by atoms with Crippen LogP contribution in [0.2, 0.25) is 0 Å². The Labute approximate surface area is 115 Å². The fourth-order valence-corrected chi connectivity index (χ4v) is 5.47. The Kier molecular flexibility index (Phi) is 2.73. The van der Waals surface area contributed by atoms with Gasteiger partial charge in [0.25, 0.3) is 0 Å². The molecular weight excluding hydrogens is 234 g/mol. The summed E-state index contributed by atoms with van der Waals surface area (Å²) in [7, 11) is 0. The largest absolute Gasteiger partial charge is 0.345 e. The van der Waals surface area contributed by atoms with E-state index in [1.807, 2.05) is 0 Å². The van der Waals surface area contributed by atoms with Crippen LogP contribution in [-0.4, -0.2) is 16.5 Å². The van der Waals surface area contributed by atoms with E-state index in [-0.39, 0.29) is 0 Å². The Morgan fingerprint density at radius 2 is 1.79 bits per heavy atom. The molecule has 0 spiro atoms. The Morgan fingerprint density at radius 3 is 2.37 bits per heavy atom. The minimum atomic E-state index is 0.461. The molecule has 4 fully saturated rings. The highest BCUT2D eigenvalue weighted by Gasteiger charge is 2.52. The van der Waals surface area contributed by atoms with E-state index in [0.29, 0.717) is 5.41 Å². The average Bonchev–Trinajstić information content (AvgIpc) is 2.84. The molecular formula is C16H25N3. The second-order valence-electron chi connectivity index (χ2n) is 7.33. The average molecular weight is 259 g/mol. The molecule has 1 aromatic heterocycles. The molecule has 0 aromatic carbocycles. The molecule has 3 heteroatoms. The second-order valence-corrected chi connectivity index (χ2v) is 7.33. The Morgan fingerprint density at radius 1 is 1.16 bits per heavy atom. The predicted octanol–water partition coefficient (Wildman–Crippen LogP) is 2.77. The van der Waals surface area contributed by atoms with Crippen LogP contribution in [0.15, 0.2) is 6.20 Å². The minimum absolute atomic E-state index is 0.461. The lowest BCUT2D eigenvalue weighted by molar-refractivity contribution is -0.00706. The van der Waals surface area contributed by atoms with Crippen molar-refractivity contribution in [3.8, 4) is 0 Å². The molecule has 104 valence electrons. The minimum Gasteiger partial charge on any atom is -0.345 e. The van der Waals surface area contributed by atoms with Crippen molar-refractivity contribution < 1.29 is 0 Å². The summed E-state index contributed by atoms with van der Waals surface area (Å²) in [5, 5.41) is 0. The summed E-state index contributed by atoms with van der Waals surface area (Å²) in [4.78, 5) is 8.24. The van der Waals surface area contributed by atoms with E-state index in [1.54, 1.807) is 0 Å². The van der Waals surface area contributed by atoms with E-state index in [2.05, 4.69) is 16.2 Å². The third-order valence-corrected chi connectivity index (χ3v) is 5.86. The number of rotatable bonds is 4. The number of aromatic nitrogens is 2. The first-order valence-electron chi connectivity index (χ1n) is 8.02. The van der Waals surface area contributed by atoms with Crippen LogP contribution in [0.3, 0.4) is 0 Å². The van der Waals surface area contributed by atoms with Gasteiger partial charge in [-0.1, -0.05) is 0 Å². The third kappa shape index (κ3) is 1.94. The first-order valence-corrected chi connectivity index (χ1v) is 8.02. The molecule has 0 amide bonds. The van der Waals surface area contributed by atoms with E-state index < -0.39 is 0 Å². The normalized spacial score (nSPS) is 39.9. The molecule has 1 aromatic rings. The van der Waals surface area contributed by atoms with Gasteiger partial charge >= 0.3 is 0 Å². The fraction of sp³-hybridized carbons (Fsp3) is 0.812. The van der Waals surface area contributed by atoms with Crippen molar-refractivity contribution in [1.29, 1.82) is 0 Å². The van der Waals surface area contributed by atoms with Gasteiger partial charge in [-0.15, -0.1) is 0 Å². The van der Waals surface area contributed by atoms with Gasteiger partial charge in [-0.2, -0.15) is 0 Å². The number of aryl methyl sites for hydroxylation is 1. The van der Waals surface area contributed by atoms with E-state index in [9.17, 15) is 0 Å². The van der Waals surface area contributed by atoms with Gasteiger partial charge in [0, 0.05) is 23.7 Å². The van der Waals surface area contributed by atoms with Gasteiger partial charge in [-0.25, -0.2) is 4.98 Å². The van der Waals surface area contributed by atoms with Crippen molar-refractivity contribution in [1.82, 2.24) is 9.97 Å². The van der Waals surface area contributed by atoms with Gasteiger partial charge < -0.3 is 10.7 Å². The lowest BCUT2D eigenvalue weighted by Gasteiger charge is -2.56. The van der Waals surface area contributed by atoms with Crippen LogP contribution in [0.25, 0.3) is 0 Å². The van der Waals surface area contributed by atoms with Crippen molar-refractivity contribution in [3.63, 3.8) is 0 Å². The number of hydrogen-bond donors (Lipinski definition) is 2. The van der Waals surface area contributed by atoms with Crippen molar-refractivity contribution in [2.45, 2.75) is 56.8 Å². The first-order chi connectivity index (χ1) is 9.27. The molecule has 3 nitrogen and oxygen atoms in total. The molecule has 4 aliphatic rings. The van der Waals surface area contributed by atoms with Crippen LogP contribution in [0.5, 0.6) is 0 Å². The quantitative estimate of drug-likeness (QED) is 0.873. The molecule has 4 aliphatic carbocycles. The summed E-state index contributed by atoms with van der Waals surface area (Å²) in [6, 6.07) is 0. The lowest BCUT2D eigenvalue weighted by Crippen LogP contribution is -2.48. The maximum atomic E-state index is 5.59. The Balaban J connectivity index is 1.59. The molecule has 0 saturated heterocycles. The molecule has 0 unspecified atom stereocenters. The van der Waals surface area contributed by atoms with Gasteiger partial charge in [0.1, 0.15) is 5.82 Å². The van der Waals surface area contributed by atoms with Crippen LogP contribution in [-0.2, 0) is 11.8 Å². The standard InChI is InChI=1S/C16H25N3/c17-3-1-2-15-18-10-14(19-15)16-7-11-4-12(8-16)6-13(5-11)9-16/h10-13H,1-9,17H2,(H,18,19). The smallest absolute Gasteiger partial charge is 0.106 e. The van der Waals surface area contributed by atoms with Crippen molar-refractivity contribution >= 4 is 0 Å². The second kappa shape index (κ2) is 4.34. The van der Waals surface area contributed by atoms with Gasteiger partial charge in [0.2, 0.25) is 0 Å². The van der Waals surface area contributed by atoms with Crippen molar-refractivity contribution in [3.05, 3.63) is 17.7 Å². The molecule has 4 saturated carbocycles. The number of hydrogen-bond acceptors (Lipinski definition) is 2. The topological polar surface area (TPSA) is 54.7 Å². The van der Waals surface area contributed by atoms with Crippen LogP contribution in [0, 0.1) is 17.8 Å². The molecule has 0 aliphatic heterocycles. The zero-order valence-electron chi connectivity index (χ0n) is 11.7. The molecule has 1 heterocycles. The lowest BCUT2D eigenvalue weighted by atomic mass is 9.49. The number of nitrogens with one attached hydrogen (secondary N) is 1. The maximum absolute atomic E-state index is 5.59. The summed E-state index contributed by atoms with van der Waals surface area (Å²) in [6.45, 7) is 0.757. The highest BCUT2D eigenvalue weighted by molar-refractivity contribution is 5.22. The van der Waals surface area contributed by atoms with Crippen molar-refractivity contribution in [2.75, 3.05) is 6.54 Å². The van der Waals surface area contributed by atoms with Crippen LogP contribution in [0.4, 0.5) is 0 Å². The van der Waals surface area contributed by atoms with Gasteiger partial charge in [0.05, 0.1) is 0 Å². The van der Waals surface area contributed by atoms with E-state index in [0.717, 1.165) is 43.0 Å². The van der Waals surface area contributed by atoms with E-state index in [4.69, 9.17) is 5.73 Å². The predicted molar refractivity (Wildman–Crippen MR) is 75.8 cm³/mol. The third-order valence-electron chi connectivity index (χ3n) is 5.86. The monoisotopic (exact) mass is 259 g/mol. The molecule has 0 radical (unpaired) electrons. The van der Waals surface area contributed by atoms with Crippen LogP contribution in [0.1, 0.15) is 56.5 Å². The fourth-order valence-electron chi connectivity index (χ4n) is 5.47. The summed E-state index contributed by atoms with van der Waals surface area (Å²) in [5.74, 6) is 4.15. The van der Waals surface area contributed by atoms with Gasteiger partial charge in [0.15, 0.2) is 0 Å². The number of H-pyrrole nitrogens is 1. The molecule has 3 N–H and O–H groups in total. The summed E-state index contributed by atoms with van der Waals surface area (Å²) in [6.07, 6.45) is 12.9. The van der Waals surface area contributed by atoms with Crippen molar-refractivity contribution in [2.24, 2.45) is 23.5 Å². The highest BCUT2D eigenvalue weighted by Crippen LogP contribution is 2.60. The van der Waals surface area contributed by atoms with Gasteiger partial charge in [-0.3, -0.25) is 0 Å². The number of imidazole rings is 1. The summed E-state index contributed by atoms with van der Waals surface area (Å²) >= 11 is 0. The van der Waals surface area contributed by atoms with Crippen LogP contribution >= 0.6 is 0 Å². The Hall–Kier alpha value is -0.830. The molecule has 4 bridgehead atoms. The van der Waals surface area contributed by atoms with E-state index in [1.165, 1.54) is 44.2 Å². The zero-order chi connectivity index (χ0) is 12.9. The molecule has 19 heavy (non-hydrogen) atoms.